The summed E-state index contributed by atoms with van der Waals surface area (Å²) in [7, 11) is 0. The van der Waals surface area contributed by atoms with Crippen molar-refractivity contribution in [3.8, 4) is 5.75 Å². The zero-order valence-corrected chi connectivity index (χ0v) is 16.0. The van der Waals surface area contributed by atoms with Crippen molar-refractivity contribution in [3.05, 3.63) is 42.0 Å². The van der Waals surface area contributed by atoms with E-state index in [2.05, 4.69) is 6.92 Å². The van der Waals surface area contributed by atoms with Gasteiger partial charge in [0.15, 0.2) is 0 Å². The van der Waals surface area contributed by atoms with Gasteiger partial charge >= 0.3 is 6.18 Å². The fraction of sp³-hybridized carbons (Fsp3) is 0.545. The monoisotopic (exact) mass is 381 g/mol. The number of alkyl halides is 3. The molecule has 5 heteroatoms. The van der Waals surface area contributed by atoms with Crippen LogP contribution in [0.3, 0.4) is 0 Å². The molecule has 0 radical (unpaired) electrons. The van der Waals surface area contributed by atoms with Crippen molar-refractivity contribution >= 4 is 10.8 Å². The second-order valence-electron chi connectivity index (χ2n) is 7.07. The zero-order chi connectivity index (χ0) is 19.7. The Morgan fingerprint density at radius 2 is 1.59 bits per heavy atom. The second-order valence-corrected chi connectivity index (χ2v) is 7.07. The average Bonchev–Trinajstić information content (AvgIpc) is 2.64. The maximum absolute atomic E-state index is 12.9. The Labute approximate surface area is 159 Å². The van der Waals surface area contributed by atoms with Gasteiger partial charge in [-0.3, -0.25) is 0 Å². The van der Waals surface area contributed by atoms with E-state index in [4.69, 9.17) is 10.5 Å². The van der Waals surface area contributed by atoms with Crippen molar-refractivity contribution in [1.29, 1.82) is 0 Å². The van der Waals surface area contributed by atoms with Gasteiger partial charge in [-0.2, -0.15) is 13.2 Å². The number of benzene rings is 2. The van der Waals surface area contributed by atoms with Crippen molar-refractivity contribution < 1.29 is 17.9 Å². The molecule has 0 amide bonds. The van der Waals surface area contributed by atoms with Gasteiger partial charge in [0.25, 0.3) is 0 Å². The minimum Gasteiger partial charge on any atom is -0.494 e. The van der Waals surface area contributed by atoms with Gasteiger partial charge in [-0.15, -0.1) is 0 Å². The normalized spacial score (nSPS) is 13.1. The van der Waals surface area contributed by atoms with Crippen molar-refractivity contribution in [2.24, 2.45) is 5.73 Å². The van der Waals surface area contributed by atoms with E-state index in [0.29, 0.717) is 23.1 Å². The van der Waals surface area contributed by atoms with Crippen LogP contribution < -0.4 is 10.5 Å². The SMILES string of the molecule is CCCCCCCCCCOc1ccc2c([C@H](N)C(F)(F)F)cccc2c1. The van der Waals surface area contributed by atoms with E-state index in [1.54, 1.807) is 30.3 Å². The third-order valence-electron chi connectivity index (χ3n) is 4.84. The fourth-order valence-corrected chi connectivity index (χ4v) is 3.25. The van der Waals surface area contributed by atoms with Crippen molar-refractivity contribution in [2.45, 2.75) is 70.5 Å². The molecule has 2 aromatic carbocycles. The van der Waals surface area contributed by atoms with Gasteiger partial charge in [-0.25, -0.2) is 0 Å². The van der Waals surface area contributed by atoms with Gasteiger partial charge < -0.3 is 10.5 Å². The molecule has 0 saturated heterocycles. The molecule has 2 N–H and O–H groups in total. The van der Waals surface area contributed by atoms with E-state index in [9.17, 15) is 13.2 Å². The Morgan fingerprint density at radius 3 is 2.26 bits per heavy atom. The lowest BCUT2D eigenvalue weighted by molar-refractivity contribution is -0.148. The van der Waals surface area contributed by atoms with Gasteiger partial charge in [-0.05, 0) is 34.9 Å². The summed E-state index contributed by atoms with van der Waals surface area (Å²) in [5.74, 6) is 0.683. The number of halogens is 3. The molecule has 0 aliphatic heterocycles. The van der Waals surface area contributed by atoms with Gasteiger partial charge in [0, 0.05) is 0 Å². The third-order valence-corrected chi connectivity index (χ3v) is 4.84. The molecule has 0 fully saturated rings. The highest BCUT2D eigenvalue weighted by Gasteiger charge is 2.38. The molecule has 2 nitrogen and oxygen atoms in total. The number of hydrogen-bond donors (Lipinski definition) is 1. The Bertz CT molecular complexity index is 700. The Kier molecular flexibility index (Phi) is 8.42. The molecule has 2 rings (SSSR count). The largest absolute Gasteiger partial charge is 0.494 e. The Balaban J connectivity index is 1.85. The van der Waals surface area contributed by atoms with Crippen LogP contribution in [0.15, 0.2) is 36.4 Å². The van der Waals surface area contributed by atoms with E-state index in [1.165, 1.54) is 44.6 Å². The van der Waals surface area contributed by atoms with Crippen LogP contribution in [0.2, 0.25) is 0 Å². The summed E-state index contributed by atoms with van der Waals surface area (Å²) in [6.45, 7) is 2.85. The summed E-state index contributed by atoms with van der Waals surface area (Å²) >= 11 is 0. The van der Waals surface area contributed by atoms with Gasteiger partial charge in [-0.1, -0.05) is 76.1 Å². The van der Waals surface area contributed by atoms with E-state index < -0.39 is 12.2 Å². The van der Waals surface area contributed by atoms with Gasteiger partial charge in [0.05, 0.1) is 6.61 Å². The van der Waals surface area contributed by atoms with Crippen molar-refractivity contribution in [2.75, 3.05) is 6.61 Å². The second kappa shape index (κ2) is 10.5. The number of rotatable bonds is 11. The first-order chi connectivity index (χ1) is 12.9. The first-order valence-electron chi connectivity index (χ1n) is 9.91. The molecule has 0 aromatic heterocycles. The molecule has 0 unspecified atom stereocenters. The third kappa shape index (κ3) is 6.73. The standard InChI is InChI=1S/C22H30F3NO/c1-2-3-4-5-6-7-8-9-15-27-18-13-14-19-17(16-18)11-10-12-20(19)21(26)22(23,24)25/h10-14,16,21H,2-9,15,26H2,1H3/t21-/m0/s1. The van der Waals surface area contributed by atoms with Gasteiger partial charge in [0.2, 0.25) is 0 Å². The molecule has 27 heavy (non-hydrogen) atoms. The van der Waals surface area contributed by atoms with Crippen LogP contribution in [0.25, 0.3) is 10.8 Å². The van der Waals surface area contributed by atoms with Crippen LogP contribution in [0.4, 0.5) is 13.2 Å². The Hall–Kier alpha value is -1.75. The number of fused-ring (bicyclic) bond motifs is 1. The molecule has 0 saturated carbocycles. The van der Waals surface area contributed by atoms with Crippen LogP contribution >= 0.6 is 0 Å². The topological polar surface area (TPSA) is 35.2 Å². The molecular formula is C22H30F3NO. The average molecular weight is 381 g/mol. The lowest BCUT2D eigenvalue weighted by Crippen LogP contribution is -2.28. The first kappa shape index (κ1) is 21.5. The minimum atomic E-state index is -4.46. The lowest BCUT2D eigenvalue weighted by Gasteiger charge is -2.18. The van der Waals surface area contributed by atoms with Crippen molar-refractivity contribution in [1.82, 2.24) is 0 Å². The van der Waals surface area contributed by atoms with E-state index in [0.717, 1.165) is 12.8 Å². The maximum atomic E-state index is 12.9. The smallest absolute Gasteiger partial charge is 0.407 e. The zero-order valence-electron chi connectivity index (χ0n) is 16.0. The highest BCUT2D eigenvalue weighted by Crippen LogP contribution is 2.35. The first-order valence-corrected chi connectivity index (χ1v) is 9.91. The Morgan fingerprint density at radius 1 is 0.926 bits per heavy atom. The van der Waals surface area contributed by atoms with Crippen molar-refractivity contribution in [3.63, 3.8) is 0 Å². The van der Waals surface area contributed by atoms with Crippen LogP contribution in [-0.2, 0) is 0 Å². The quantitative estimate of drug-likeness (QED) is 0.429. The van der Waals surface area contributed by atoms with Crippen LogP contribution in [0, 0.1) is 0 Å². The van der Waals surface area contributed by atoms with Gasteiger partial charge in [0.1, 0.15) is 11.8 Å². The number of unbranched alkanes of at least 4 members (excludes halogenated alkanes) is 7. The predicted octanol–water partition coefficient (Wildman–Crippen LogP) is 6.92. The summed E-state index contributed by atoms with van der Waals surface area (Å²) in [4.78, 5) is 0. The lowest BCUT2D eigenvalue weighted by atomic mass is 9.99. The molecule has 0 bridgehead atoms. The van der Waals surface area contributed by atoms with Crippen LogP contribution in [0.5, 0.6) is 5.75 Å². The molecule has 150 valence electrons. The highest BCUT2D eigenvalue weighted by molar-refractivity contribution is 5.87. The fourth-order valence-electron chi connectivity index (χ4n) is 3.25. The summed E-state index contributed by atoms with van der Waals surface area (Å²) < 4.78 is 44.6. The number of nitrogens with two attached hydrogens (primary N) is 1. The molecule has 0 spiro atoms. The molecule has 1 atom stereocenters. The van der Waals surface area contributed by atoms with Crippen LogP contribution in [0.1, 0.15) is 69.9 Å². The number of ether oxygens (including phenoxy) is 1. The van der Waals surface area contributed by atoms with E-state index in [-0.39, 0.29) is 5.56 Å². The summed E-state index contributed by atoms with van der Waals surface area (Å²) in [5, 5.41) is 1.22. The molecule has 2 aromatic rings. The highest BCUT2D eigenvalue weighted by atomic mass is 19.4. The van der Waals surface area contributed by atoms with Crippen LogP contribution in [-0.4, -0.2) is 12.8 Å². The predicted molar refractivity (Wildman–Crippen MR) is 105 cm³/mol. The summed E-state index contributed by atoms with van der Waals surface area (Å²) in [6, 6.07) is 8.01. The molecular weight excluding hydrogens is 351 g/mol. The minimum absolute atomic E-state index is 0.0922. The molecule has 0 heterocycles. The van der Waals surface area contributed by atoms with E-state index in [1.807, 2.05) is 0 Å². The molecule has 0 aliphatic rings. The summed E-state index contributed by atoms with van der Waals surface area (Å²) in [5.41, 5.74) is 5.48. The maximum Gasteiger partial charge on any atom is 0.407 e. The van der Waals surface area contributed by atoms with E-state index >= 15 is 0 Å². The summed E-state index contributed by atoms with van der Waals surface area (Å²) in [6.07, 6.45) is 5.40. The molecule has 0 aliphatic carbocycles. The number of hydrogen-bond acceptors (Lipinski definition) is 2.